The fraction of sp³-hybridized carbons (Fsp3) is 0.444. The van der Waals surface area contributed by atoms with E-state index in [0.29, 0.717) is 5.56 Å². The average Bonchev–Trinajstić information content (AvgIpc) is 2.98. The van der Waals surface area contributed by atoms with Gasteiger partial charge in [-0.2, -0.15) is 5.10 Å². The molecule has 0 fully saturated rings. The lowest BCUT2D eigenvalue weighted by molar-refractivity contribution is 0.00592. The highest BCUT2D eigenvalue weighted by atomic mass is 16.3. The van der Waals surface area contributed by atoms with Gasteiger partial charge in [0.05, 0.1) is 17.5 Å². The summed E-state index contributed by atoms with van der Waals surface area (Å²) < 4.78 is 1.77. The lowest BCUT2D eigenvalue weighted by atomic mass is 9.88. The SMILES string of the molecule is CCC(C)C(C)(O)CNC(=O)c1ccc(-n2cc(C)cn2)cc1. The molecule has 1 aromatic carbocycles. The minimum Gasteiger partial charge on any atom is -0.388 e. The van der Waals surface area contributed by atoms with Crippen molar-refractivity contribution in [3.63, 3.8) is 0 Å². The lowest BCUT2D eigenvalue weighted by Crippen LogP contribution is -2.45. The van der Waals surface area contributed by atoms with Gasteiger partial charge in [0.25, 0.3) is 5.91 Å². The highest BCUT2D eigenvalue weighted by Crippen LogP contribution is 2.19. The first-order chi connectivity index (χ1) is 10.8. The van der Waals surface area contributed by atoms with Crippen LogP contribution in [0.1, 0.15) is 43.1 Å². The summed E-state index contributed by atoms with van der Waals surface area (Å²) in [5.74, 6) is -0.0648. The molecule has 0 aliphatic rings. The molecule has 23 heavy (non-hydrogen) atoms. The summed E-state index contributed by atoms with van der Waals surface area (Å²) in [5.41, 5.74) is 1.65. The van der Waals surface area contributed by atoms with Gasteiger partial charge in [0.2, 0.25) is 0 Å². The second kappa shape index (κ2) is 6.96. The Labute approximate surface area is 137 Å². The fourth-order valence-electron chi connectivity index (χ4n) is 2.29. The zero-order valence-corrected chi connectivity index (χ0v) is 14.2. The van der Waals surface area contributed by atoms with Gasteiger partial charge in [0.15, 0.2) is 0 Å². The summed E-state index contributed by atoms with van der Waals surface area (Å²) >= 11 is 0. The highest BCUT2D eigenvalue weighted by Gasteiger charge is 2.27. The van der Waals surface area contributed by atoms with Gasteiger partial charge in [-0.15, -0.1) is 0 Å². The lowest BCUT2D eigenvalue weighted by Gasteiger charge is -2.29. The molecule has 2 rings (SSSR count). The van der Waals surface area contributed by atoms with Gasteiger partial charge >= 0.3 is 0 Å². The summed E-state index contributed by atoms with van der Waals surface area (Å²) in [4.78, 5) is 12.2. The van der Waals surface area contributed by atoms with E-state index in [2.05, 4.69) is 10.4 Å². The summed E-state index contributed by atoms with van der Waals surface area (Å²) in [6.45, 7) is 7.98. The molecule has 2 N–H and O–H groups in total. The number of aromatic nitrogens is 2. The molecule has 0 saturated carbocycles. The van der Waals surface area contributed by atoms with E-state index in [-0.39, 0.29) is 18.4 Å². The average molecular weight is 315 g/mol. The number of aryl methyl sites for hydroxylation is 1. The molecule has 1 heterocycles. The van der Waals surface area contributed by atoms with Crippen molar-refractivity contribution in [3.8, 4) is 5.69 Å². The standard InChI is InChI=1S/C18H25N3O2/c1-5-14(3)18(4,23)12-19-17(22)15-6-8-16(9-7-15)21-11-13(2)10-20-21/h6-11,14,23H,5,12H2,1-4H3,(H,19,22). The molecule has 0 aliphatic heterocycles. The molecule has 0 radical (unpaired) electrons. The Morgan fingerprint density at radius 3 is 2.57 bits per heavy atom. The first kappa shape index (κ1) is 17.2. The second-order valence-corrected chi connectivity index (χ2v) is 6.36. The van der Waals surface area contributed by atoms with E-state index in [1.165, 1.54) is 0 Å². The first-order valence-corrected chi connectivity index (χ1v) is 7.95. The Hall–Kier alpha value is -2.14. The molecule has 0 saturated heterocycles. The quantitative estimate of drug-likeness (QED) is 0.861. The van der Waals surface area contributed by atoms with Crippen LogP contribution in [0.3, 0.4) is 0 Å². The molecule has 2 unspecified atom stereocenters. The number of carbonyl (C=O) groups excluding carboxylic acids is 1. The summed E-state index contributed by atoms with van der Waals surface area (Å²) in [6.07, 6.45) is 4.58. The number of carbonyl (C=O) groups is 1. The predicted molar refractivity (Wildman–Crippen MR) is 90.7 cm³/mol. The van der Waals surface area contributed by atoms with Crippen molar-refractivity contribution < 1.29 is 9.90 Å². The maximum absolute atomic E-state index is 12.2. The van der Waals surface area contributed by atoms with Crippen molar-refractivity contribution in [1.29, 1.82) is 0 Å². The Morgan fingerprint density at radius 2 is 2.04 bits per heavy atom. The van der Waals surface area contributed by atoms with Crippen molar-refractivity contribution in [1.82, 2.24) is 15.1 Å². The van der Waals surface area contributed by atoms with Crippen LogP contribution in [0.5, 0.6) is 0 Å². The molecule has 0 aliphatic carbocycles. The zero-order chi connectivity index (χ0) is 17.0. The molecule has 5 nitrogen and oxygen atoms in total. The van der Waals surface area contributed by atoms with Crippen LogP contribution in [0.25, 0.3) is 5.69 Å². The largest absolute Gasteiger partial charge is 0.388 e. The monoisotopic (exact) mass is 315 g/mol. The third kappa shape index (κ3) is 4.20. The van der Waals surface area contributed by atoms with E-state index < -0.39 is 5.60 Å². The van der Waals surface area contributed by atoms with Gasteiger partial charge in [0, 0.05) is 18.3 Å². The second-order valence-electron chi connectivity index (χ2n) is 6.36. The van der Waals surface area contributed by atoms with E-state index in [1.807, 2.05) is 39.1 Å². The van der Waals surface area contributed by atoms with E-state index in [0.717, 1.165) is 17.7 Å². The maximum Gasteiger partial charge on any atom is 0.251 e. The molecule has 0 spiro atoms. The van der Waals surface area contributed by atoms with Crippen LogP contribution in [0.2, 0.25) is 0 Å². The molecule has 2 aromatic rings. The fourth-order valence-corrected chi connectivity index (χ4v) is 2.29. The van der Waals surface area contributed by atoms with Crippen LogP contribution in [0.4, 0.5) is 0 Å². The van der Waals surface area contributed by atoms with E-state index in [4.69, 9.17) is 0 Å². The number of rotatable bonds is 6. The van der Waals surface area contributed by atoms with Crippen LogP contribution >= 0.6 is 0 Å². The van der Waals surface area contributed by atoms with Gasteiger partial charge in [-0.05, 0) is 49.6 Å². The van der Waals surface area contributed by atoms with Crippen molar-refractivity contribution in [3.05, 3.63) is 47.8 Å². The van der Waals surface area contributed by atoms with Gasteiger partial charge in [-0.25, -0.2) is 4.68 Å². The van der Waals surface area contributed by atoms with E-state index in [1.54, 1.807) is 29.9 Å². The zero-order valence-electron chi connectivity index (χ0n) is 14.2. The molecule has 5 heteroatoms. The van der Waals surface area contributed by atoms with Gasteiger partial charge < -0.3 is 10.4 Å². The summed E-state index contributed by atoms with van der Waals surface area (Å²) in [7, 11) is 0. The Kier molecular flexibility index (Phi) is 5.21. The van der Waals surface area contributed by atoms with Crippen LogP contribution in [-0.2, 0) is 0 Å². The van der Waals surface area contributed by atoms with Gasteiger partial charge in [-0.3, -0.25) is 4.79 Å². The first-order valence-electron chi connectivity index (χ1n) is 7.95. The summed E-state index contributed by atoms with van der Waals surface area (Å²) in [6, 6.07) is 7.24. The maximum atomic E-state index is 12.2. The summed E-state index contributed by atoms with van der Waals surface area (Å²) in [5, 5.41) is 17.4. The normalized spacial score (nSPS) is 15.0. The number of benzene rings is 1. The highest BCUT2D eigenvalue weighted by molar-refractivity contribution is 5.94. The minimum atomic E-state index is -0.906. The number of aliphatic hydroxyl groups is 1. The van der Waals surface area contributed by atoms with E-state index in [9.17, 15) is 9.90 Å². The van der Waals surface area contributed by atoms with Crippen LogP contribution in [-0.4, -0.2) is 32.9 Å². The third-order valence-corrected chi connectivity index (χ3v) is 4.39. The van der Waals surface area contributed by atoms with Gasteiger partial charge in [-0.1, -0.05) is 20.3 Å². The predicted octanol–water partition coefficient (Wildman–Crippen LogP) is 2.71. The molecule has 2 atom stereocenters. The van der Waals surface area contributed by atoms with E-state index >= 15 is 0 Å². The van der Waals surface area contributed by atoms with Crippen molar-refractivity contribution in [2.75, 3.05) is 6.54 Å². The Balaban J connectivity index is 2.00. The molecule has 1 aromatic heterocycles. The number of hydrogen-bond donors (Lipinski definition) is 2. The van der Waals surface area contributed by atoms with Crippen LogP contribution < -0.4 is 5.32 Å². The number of amides is 1. The smallest absolute Gasteiger partial charge is 0.251 e. The number of nitrogens with one attached hydrogen (secondary N) is 1. The topological polar surface area (TPSA) is 67.2 Å². The third-order valence-electron chi connectivity index (χ3n) is 4.39. The van der Waals surface area contributed by atoms with Crippen molar-refractivity contribution in [2.24, 2.45) is 5.92 Å². The molecular weight excluding hydrogens is 290 g/mol. The Bertz CT molecular complexity index is 659. The van der Waals surface area contributed by atoms with Crippen molar-refractivity contribution in [2.45, 2.75) is 39.7 Å². The molecule has 124 valence electrons. The number of hydrogen-bond acceptors (Lipinski definition) is 3. The molecule has 1 amide bonds. The minimum absolute atomic E-state index is 0.119. The molecular formula is C18H25N3O2. The van der Waals surface area contributed by atoms with Gasteiger partial charge in [0.1, 0.15) is 0 Å². The Morgan fingerprint density at radius 1 is 1.39 bits per heavy atom. The molecule has 0 bridgehead atoms. The van der Waals surface area contributed by atoms with Crippen LogP contribution in [0, 0.1) is 12.8 Å². The number of nitrogens with zero attached hydrogens (tertiary/aromatic N) is 2. The van der Waals surface area contributed by atoms with Crippen molar-refractivity contribution >= 4 is 5.91 Å². The van der Waals surface area contributed by atoms with Crippen LogP contribution in [0.15, 0.2) is 36.7 Å².